The third-order valence-electron chi connectivity index (χ3n) is 3.75. The number of carbonyl (C=O) groups is 2. The van der Waals surface area contributed by atoms with Gasteiger partial charge in [0.15, 0.2) is 5.96 Å². The second-order valence-corrected chi connectivity index (χ2v) is 7.05. The minimum Gasteiger partial charge on any atom is -0.450 e. The largest absolute Gasteiger partial charge is 0.450 e. The van der Waals surface area contributed by atoms with Gasteiger partial charge in [0.1, 0.15) is 5.60 Å². The number of halogens is 1. The van der Waals surface area contributed by atoms with Crippen molar-refractivity contribution in [2.45, 2.75) is 33.3 Å². The van der Waals surface area contributed by atoms with Crippen LogP contribution >= 0.6 is 24.0 Å². The summed E-state index contributed by atoms with van der Waals surface area (Å²) in [5.41, 5.74) is -0.507. The second-order valence-electron chi connectivity index (χ2n) is 7.05. The summed E-state index contributed by atoms with van der Waals surface area (Å²) in [5, 5.41) is 3.25. The molecule has 1 aliphatic rings. The van der Waals surface area contributed by atoms with E-state index < -0.39 is 5.60 Å². The third-order valence-corrected chi connectivity index (χ3v) is 3.75. The van der Waals surface area contributed by atoms with E-state index in [-0.39, 0.29) is 36.2 Å². The monoisotopic (exact) mass is 499 g/mol. The van der Waals surface area contributed by atoms with Crippen LogP contribution in [-0.4, -0.2) is 98.4 Å². The number of guanidine groups is 1. The van der Waals surface area contributed by atoms with E-state index in [0.717, 1.165) is 5.96 Å². The van der Waals surface area contributed by atoms with Gasteiger partial charge in [-0.25, -0.2) is 9.59 Å². The molecule has 158 valence electrons. The van der Waals surface area contributed by atoms with Crippen molar-refractivity contribution < 1.29 is 19.1 Å². The summed E-state index contributed by atoms with van der Waals surface area (Å²) < 4.78 is 10.3. The highest BCUT2D eigenvalue weighted by atomic mass is 127. The van der Waals surface area contributed by atoms with Crippen LogP contribution in [0.25, 0.3) is 0 Å². The summed E-state index contributed by atoms with van der Waals surface area (Å²) in [7, 11) is 3.42. The molecular formula is C17H34IN5O4. The van der Waals surface area contributed by atoms with Gasteiger partial charge in [0.05, 0.1) is 6.61 Å². The van der Waals surface area contributed by atoms with Crippen LogP contribution in [0.15, 0.2) is 4.99 Å². The quantitative estimate of drug-likeness (QED) is 0.361. The molecule has 0 aromatic rings. The smallest absolute Gasteiger partial charge is 0.410 e. The van der Waals surface area contributed by atoms with Crippen molar-refractivity contribution >= 4 is 42.1 Å². The van der Waals surface area contributed by atoms with Gasteiger partial charge in [0, 0.05) is 53.4 Å². The number of hydrogen-bond acceptors (Lipinski definition) is 5. The van der Waals surface area contributed by atoms with Crippen LogP contribution in [-0.2, 0) is 9.47 Å². The van der Waals surface area contributed by atoms with E-state index in [4.69, 9.17) is 9.47 Å². The Labute approximate surface area is 179 Å². The molecule has 1 fully saturated rings. The summed E-state index contributed by atoms with van der Waals surface area (Å²) in [5.74, 6) is 0.756. The SMILES string of the molecule is CCOC(=O)N1CCN(C(=NC)NCCN(C)C(=O)OC(C)(C)C)CC1.I. The zero-order valence-electron chi connectivity index (χ0n) is 17.3. The highest BCUT2D eigenvalue weighted by molar-refractivity contribution is 14.0. The maximum atomic E-state index is 11.9. The number of piperazine rings is 1. The summed E-state index contributed by atoms with van der Waals surface area (Å²) in [6.45, 7) is 11.3. The van der Waals surface area contributed by atoms with Gasteiger partial charge >= 0.3 is 12.2 Å². The molecule has 0 aromatic heterocycles. The average Bonchev–Trinajstić information content (AvgIpc) is 2.57. The summed E-state index contributed by atoms with van der Waals surface area (Å²) >= 11 is 0. The number of likely N-dealkylation sites (N-methyl/N-ethyl adjacent to an activating group) is 1. The third kappa shape index (κ3) is 9.34. The molecule has 0 aliphatic carbocycles. The van der Waals surface area contributed by atoms with E-state index in [1.54, 1.807) is 25.9 Å². The Balaban J connectivity index is 0.00000676. The molecule has 0 aromatic carbocycles. The van der Waals surface area contributed by atoms with E-state index in [9.17, 15) is 9.59 Å². The summed E-state index contributed by atoms with van der Waals surface area (Å²) in [6.07, 6.45) is -0.619. The predicted octanol–water partition coefficient (Wildman–Crippen LogP) is 1.82. The minimum absolute atomic E-state index is 0. The van der Waals surface area contributed by atoms with Crippen LogP contribution in [0.1, 0.15) is 27.7 Å². The highest BCUT2D eigenvalue weighted by Crippen LogP contribution is 2.09. The van der Waals surface area contributed by atoms with Crippen LogP contribution in [0.4, 0.5) is 9.59 Å². The Kier molecular flexibility index (Phi) is 11.4. The molecule has 0 spiro atoms. The van der Waals surface area contributed by atoms with Crippen molar-refractivity contribution in [1.29, 1.82) is 0 Å². The van der Waals surface area contributed by atoms with Gasteiger partial charge < -0.3 is 29.5 Å². The van der Waals surface area contributed by atoms with Crippen LogP contribution in [0, 0.1) is 0 Å². The maximum absolute atomic E-state index is 11.9. The first-order chi connectivity index (χ1) is 12.2. The Morgan fingerprint density at radius 3 is 2.19 bits per heavy atom. The van der Waals surface area contributed by atoms with Gasteiger partial charge in [-0.05, 0) is 27.7 Å². The molecule has 0 radical (unpaired) electrons. The fourth-order valence-corrected chi connectivity index (χ4v) is 2.41. The number of rotatable bonds is 4. The number of hydrogen-bond donors (Lipinski definition) is 1. The van der Waals surface area contributed by atoms with Crippen molar-refractivity contribution in [3.63, 3.8) is 0 Å². The summed E-state index contributed by atoms with van der Waals surface area (Å²) in [6, 6.07) is 0. The van der Waals surface area contributed by atoms with Crippen molar-refractivity contribution in [1.82, 2.24) is 20.0 Å². The van der Waals surface area contributed by atoms with Gasteiger partial charge in [-0.15, -0.1) is 24.0 Å². The molecule has 1 rings (SSSR count). The van der Waals surface area contributed by atoms with Crippen molar-refractivity contribution in [2.75, 3.05) is 60.0 Å². The zero-order valence-corrected chi connectivity index (χ0v) is 19.6. The molecule has 2 amide bonds. The molecule has 10 heteroatoms. The Morgan fingerprint density at radius 2 is 1.70 bits per heavy atom. The van der Waals surface area contributed by atoms with Gasteiger partial charge in [-0.1, -0.05) is 0 Å². The minimum atomic E-state index is -0.507. The first-order valence-electron chi connectivity index (χ1n) is 8.99. The lowest BCUT2D eigenvalue weighted by molar-refractivity contribution is 0.0302. The number of amides is 2. The van der Waals surface area contributed by atoms with E-state index >= 15 is 0 Å². The fraction of sp³-hybridized carbons (Fsp3) is 0.824. The number of ether oxygens (including phenoxy) is 2. The number of carbonyl (C=O) groups excluding carboxylic acids is 2. The molecule has 0 saturated carbocycles. The molecule has 0 atom stereocenters. The molecule has 0 bridgehead atoms. The fourth-order valence-electron chi connectivity index (χ4n) is 2.41. The molecule has 27 heavy (non-hydrogen) atoms. The van der Waals surface area contributed by atoms with Gasteiger partial charge in [0.2, 0.25) is 0 Å². The highest BCUT2D eigenvalue weighted by Gasteiger charge is 2.24. The lowest BCUT2D eigenvalue weighted by atomic mass is 10.2. The normalized spacial score (nSPS) is 15.0. The first-order valence-corrected chi connectivity index (χ1v) is 8.99. The molecule has 1 heterocycles. The van der Waals surface area contributed by atoms with E-state index in [1.807, 2.05) is 20.8 Å². The zero-order chi connectivity index (χ0) is 19.7. The second kappa shape index (κ2) is 12.1. The number of nitrogens with one attached hydrogen (secondary N) is 1. The first kappa shape index (κ1) is 25.5. The molecular weight excluding hydrogens is 465 g/mol. The van der Waals surface area contributed by atoms with Crippen molar-refractivity contribution in [3.05, 3.63) is 0 Å². The topological polar surface area (TPSA) is 86.7 Å². The maximum Gasteiger partial charge on any atom is 0.410 e. The van der Waals surface area contributed by atoms with E-state index in [1.165, 1.54) is 4.90 Å². The van der Waals surface area contributed by atoms with Gasteiger partial charge in [-0.3, -0.25) is 4.99 Å². The van der Waals surface area contributed by atoms with Crippen molar-refractivity contribution in [3.8, 4) is 0 Å². The average molecular weight is 499 g/mol. The van der Waals surface area contributed by atoms with Crippen LogP contribution in [0.3, 0.4) is 0 Å². The summed E-state index contributed by atoms with van der Waals surface area (Å²) in [4.78, 5) is 33.3. The predicted molar refractivity (Wildman–Crippen MR) is 116 cm³/mol. The lowest BCUT2D eigenvalue weighted by Gasteiger charge is -2.36. The van der Waals surface area contributed by atoms with Crippen LogP contribution in [0.5, 0.6) is 0 Å². The molecule has 1 saturated heterocycles. The van der Waals surface area contributed by atoms with Gasteiger partial charge in [-0.2, -0.15) is 0 Å². The molecule has 0 unspecified atom stereocenters. The number of aliphatic imine (C=N–C) groups is 1. The lowest BCUT2D eigenvalue weighted by Crippen LogP contribution is -2.54. The van der Waals surface area contributed by atoms with Crippen molar-refractivity contribution in [2.24, 2.45) is 4.99 Å². The van der Waals surface area contributed by atoms with Gasteiger partial charge in [0.25, 0.3) is 0 Å². The van der Waals surface area contributed by atoms with E-state index in [2.05, 4.69) is 15.2 Å². The number of nitrogens with zero attached hydrogens (tertiary/aromatic N) is 4. The standard InChI is InChI=1S/C17H33N5O4.HI/c1-7-25-16(24)22-12-10-21(11-13-22)14(18-5)19-8-9-20(6)15(23)26-17(2,3)4;/h7-13H2,1-6H3,(H,18,19);1H. The van der Waals surface area contributed by atoms with Crippen LogP contribution in [0.2, 0.25) is 0 Å². The van der Waals surface area contributed by atoms with Crippen LogP contribution < -0.4 is 5.32 Å². The Bertz CT molecular complexity index is 502. The molecule has 1 N–H and O–H groups in total. The Hall–Kier alpha value is -1.46. The molecule has 9 nitrogen and oxygen atoms in total. The molecule has 1 aliphatic heterocycles. The Morgan fingerprint density at radius 1 is 1.15 bits per heavy atom. The van der Waals surface area contributed by atoms with E-state index in [0.29, 0.717) is 45.9 Å².